The van der Waals surface area contributed by atoms with Crippen molar-refractivity contribution in [1.82, 2.24) is 15.1 Å². The molecular formula is C14H29N3. The van der Waals surface area contributed by atoms with Crippen LogP contribution in [0.2, 0.25) is 0 Å². The van der Waals surface area contributed by atoms with Crippen molar-refractivity contribution >= 4 is 0 Å². The number of hydrogen-bond acceptors (Lipinski definition) is 3. The molecule has 0 saturated carbocycles. The Hall–Kier alpha value is -0.120. The Labute approximate surface area is 107 Å². The molecule has 0 aliphatic carbocycles. The molecule has 100 valence electrons. The van der Waals surface area contributed by atoms with Gasteiger partial charge in [-0.2, -0.15) is 0 Å². The van der Waals surface area contributed by atoms with Gasteiger partial charge in [0.05, 0.1) is 0 Å². The minimum absolute atomic E-state index is 0.731. The van der Waals surface area contributed by atoms with Crippen molar-refractivity contribution < 1.29 is 0 Å². The standard InChI is InChI=1S/C14H29N3/c1-3-16-9-5-7-14(8-11-16)17-10-4-6-13(12-17)15-2/h13-15H,3-12H2,1-2H3. The lowest BCUT2D eigenvalue weighted by molar-refractivity contribution is 0.127. The quantitative estimate of drug-likeness (QED) is 0.806. The lowest BCUT2D eigenvalue weighted by Crippen LogP contribution is -2.48. The minimum atomic E-state index is 0.731. The normalized spacial score (nSPS) is 33.5. The summed E-state index contributed by atoms with van der Waals surface area (Å²) >= 11 is 0. The highest BCUT2D eigenvalue weighted by molar-refractivity contribution is 4.84. The van der Waals surface area contributed by atoms with Gasteiger partial charge in [0.25, 0.3) is 0 Å². The number of likely N-dealkylation sites (tertiary alicyclic amines) is 2. The first-order chi connectivity index (χ1) is 8.33. The first kappa shape index (κ1) is 13.3. The van der Waals surface area contributed by atoms with Crippen LogP contribution in [0, 0.1) is 0 Å². The van der Waals surface area contributed by atoms with Crippen LogP contribution in [0.3, 0.4) is 0 Å². The van der Waals surface area contributed by atoms with Gasteiger partial charge in [0, 0.05) is 18.6 Å². The fourth-order valence-electron chi connectivity index (χ4n) is 3.39. The van der Waals surface area contributed by atoms with Gasteiger partial charge in [0.2, 0.25) is 0 Å². The highest BCUT2D eigenvalue weighted by atomic mass is 15.2. The highest BCUT2D eigenvalue weighted by Gasteiger charge is 2.26. The summed E-state index contributed by atoms with van der Waals surface area (Å²) in [5.41, 5.74) is 0. The summed E-state index contributed by atoms with van der Waals surface area (Å²) < 4.78 is 0. The monoisotopic (exact) mass is 239 g/mol. The maximum absolute atomic E-state index is 3.46. The molecule has 17 heavy (non-hydrogen) atoms. The van der Waals surface area contributed by atoms with E-state index < -0.39 is 0 Å². The van der Waals surface area contributed by atoms with Crippen molar-refractivity contribution in [2.45, 2.75) is 51.1 Å². The molecule has 3 nitrogen and oxygen atoms in total. The van der Waals surface area contributed by atoms with E-state index >= 15 is 0 Å². The molecule has 0 aromatic carbocycles. The Morgan fingerprint density at radius 2 is 1.88 bits per heavy atom. The topological polar surface area (TPSA) is 18.5 Å². The third-order valence-corrected chi connectivity index (χ3v) is 4.61. The number of nitrogens with one attached hydrogen (secondary N) is 1. The van der Waals surface area contributed by atoms with E-state index in [2.05, 4.69) is 29.1 Å². The molecule has 0 radical (unpaired) electrons. The molecule has 0 spiro atoms. The molecule has 1 N–H and O–H groups in total. The zero-order valence-electron chi connectivity index (χ0n) is 11.6. The number of likely N-dealkylation sites (N-methyl/N-ethyl adjacent to an activating group) is 1. The summed E-state index contributed by atoms with van der Waals surface area (Å²) in [4.78, 5) is 5.36. The SMILES string of the molecule is CCN1CCCC(N2CCCC(NC)C2)CC1. The van der Waals surface area contributed by atoms with E-state index in [4.69, 9.17) is 0 Å². The van der Waals surface area contributed by atoms with Crippen molar-refractivity contribution in [2.75, 3.05) is 39.8 Å². The lowest BCUT2D eigenvalue weighted by atomic mass is 10.0. The molecule has 2 saturated heterocycles. The summed E-state index contributed by atoms with van der Waals surface area (Å²) in [6, 6.07) is 1.58. The first-order valence-corrected chi connectivity index (χ1v) is 7.47. The molecule has 2 unspecified atom stereocenters. The van der Waals surface area contributed by atoms with E-state index in [1.807, 2.05) is 0 Å². The van der Waals surface area contributed by atoms with Crippen LogP contribution < -0.4 is 5.32 Å². The van der Waals surface area contributed by atoms with Crippen molar-refractivity contribution in [3.8, 4) is 0 Å². The summed E-state index contributed by atoms with van der Waals surface area (Å²) in [5.74, 6) is 0. The molecule has 2 atom stereocenters. The molecular weight excluding hydrogens is 210 g/mol. The molecule has 0 aromatic rings. The van der Waals surface area contributed by atoms with Crippen molar-refractivity contribution in [3.05, 3.63) is 0 Å². The second-order valence-corrected chi connectivity index (χ2v) is 5.64. The average molecular weight is 239 g/mol. The van der Waals surface area contributed by atoms with Crippen LogP contribution in [0.15, 0.2) is 0 Å². The lowest BCUT2D eigenvalue weighted by Gasteiger charge is -2.38. The molecule has 2 heterocycles. The van der Waals surface area contributed by atoms with Crippen LogP contribution in [-0.2, 0) is 0 Å². The maximum Gasteiger partial charge on any atom is 0.0192 e. The second kappa shape index (κ2) is 6.72. The largest absolute Gasteiger partial charge is 0.316 e. The molecule has 0 aromatic heterocycles. The van der Waals surface area contributed by atoms with Gasteiger partial charge in [-0.3, -0.25) is 4.90 Å². The van der Waals surface area contributed by atoms with E-state index in [1.54, 1.807) is 0 Å². The smallest absolute Gasteiger partial charge is 0.0192 e. The minimum Gasteiger partial charge on any atom is -0.316 e. The van der Waals surface area contributed by atoms with E-state index in [0.717, 1.165) is 12.1 Å². The van der Waals surface area contributed by atoms with Gasteiger partial charge in [-0.25, -0.2) is 0 Å². The number of rotatable bonds is 3. The van der Waals surface area contributed by atoms with Crippen LogP contribution in [0.4, 0.5) is 0 Å². The second-order valence-electron chi connectivity index (χ2n) is 5.64. The van der Waals surface area contributed by atoms with Crippen molar-refractivity contribution in [1.29, 1.82) is 0 Å². The van der Waals surface area contributed by atoms with Crippen LogP contribution in [0.5, 0.6) is 0 Å². The fourth-order valence-corrected chi connectivity index (χ4v) is 3.39. The van der Waals surface area contributed by atoms with Gasteiger partial charge in [-0.1, -0.05) is 6.92 Å². The van der Waals surface area contributed by atoms with Crippen LogP contribution in [0.1, 0.15) is 39.0 Å². The fraction of sp³-hybridized carbons (Fsp3) is 1.00. The highest BCUT2D eigenvalue weighted by Crippen LogP contribution is 2.21. The summed E-state index contributed by atoms with van der Waals surface area (Å²) in [6.07, 6.45) is 6.91. The Bertz CT molecular complexity index is 220. The summed E-state index contributed by atoms with van der Waals surface area (Å²) in [6.45, 7) is 8.74. The zero-order chi connectivity index (χ0) is 12.1. The zero-order valence-corrected chi connectivity index (χ0v) is 11.6. The number of hydrogen-bond donors (Lipinski definition) is 1. The molecule has 0 bridgehead atoms. The van der Waals surface area contributed by atoms with Gasteiger partial charge < -0.3 is 10.2 Å². The van der Waals surface area contributed by atoms with Crippen molar-refractivity contribution in [2.24, 2.45) is 0 Å². The van der Waals surface area contributed by atoms with Gasteiger partial charge in [-0.15, -0.1) is 0 Å². The van der Waals surface area contributed by atoms with Crippen LogP contribution in [-0.4, -0.2) is 61.7 Å². The predicted molar refractivity (Wildman–Crippen MR) is 73.4 cm³/mol. The Morgan fingerprint density at radius 1 is 1.06 bits per heavy atom. The Morgan fingerprint density at radius 3 is 2.65 bits per heavy atom. The molecule has 2 fully saturated rings. The first-order valence-electron chi connectivity index (χ1n) is 7.47. The Kier molecular flexibility index (Phi) is 5.26. The van der Waals surface area contributed by atoms with Crippen LogP contribution in [0.25, 0.3) is 0 Å². The van der Waals surface area contributed by atoms with Gasteiger partial charge >= 0.3 is 0 Å². The number of nitrogens with zero attached hydrogens (tertiary/aromatic N) is 2. The average Bonchev–Trinajstić information content (AvgIpc) is 2.64. The molecule has 2 aliphatic rings. The molecule has 2 rings (SSSR count). The third kappa shape index (κ3) is 3.67. The van der Waals surface area contributed by atoms with E-state index in [9.17, 15) is 0 Å². The molecule has 3 heteroatoms. The van der Waals surface area contributed by atoms with Crippen molar-refractivity contribution in [3.63, 3.8) is 0 Å². The molecule has 0 amide bonds. The van der Waals surface area contributed by atoms with Crippen LogP contribution >= 0.6 is 0 Å². The predicted octanol–water partition coefficient (Wildman–Crippen LogP) is 1.54. The molecule has 2 aliphatic heterocycles. The van der Waals surface area contributed by atoms with E-state index in [0.29, 0.717) is 0 Å². The Balaban J connectivity index is 1.84. The third-order valence-electron chi connectivity index (χ3n) is 4.61. The van der Waals surface area contributed by atoms with E-state index in [-0.39, 0.29) is 0 Å². The maximum atomic E-state index is 3.46. The summed E-state index contributed by atoms with van der Waals surface area (Å²) in [7, 11) is 2.11. The van der Waals surface area contributed by atoms with E-state index in [1.165, 1.54) is 64.8 Å². The van der Waals surface area contributed by atoms with Gasteiger partial charge in [-0.05, 0) is 65.3 Å². The van der Waals surface area contributed by atoms with Gasteiger partial charge in [0.15, 0.2) is 0 Å². The number of piperidine rings is 1. The van der Waals surface area contributed by atoms with Gasteiger partial charge in [0.1, 0.15) is 0 Å². The summed E-state index contributed by atoms with van der Waals surface area (Å²) in [5, 5.41) is 3.46.